The third-order valence-electron chi connectivity index (χ3n) is 4.23. The molecule has 1 aromatic heterocycles. The van der Waals surface area contributed by atoms with Crippen LogP contribution in [0.3, 0.4) is 0 Å². The van der Waals surface area contributed by atoms with E-state index in [1.54, 1.807) is 12.3 Å². The van der Waals surface area contributed by atoms with Crippen LogP contribution in [-0.4, -0.2) is 35.0 Å². The van der Waals surface area contributed by atoms with Crippen LogP contribution in [0.1, 0.15) is 34.5 Å². The van der Waals surface area contributed by atoms with Crippen LogP contribution in [0, 0.1) is 6.92 Å². The number of ether oxygens (including phenoxy) is 1. The molecule has 0 aliphatic carbocycles. The summed E-state index contributed by atoms with van der Waals surface area (Å²) >= 11 is 6.12. The second-order valence-corrected chi connectivity index (χ2v) is 6.25. The molecule has 0 saturated carbocycles. The number of hydrogen-bond donors (Lipinski definition) is 0. The molecule has 5 heteroatoms. The average molecular weight is 331 g/mol. The molecule has 0 radical (unpaired) electrons. The van der Waals surface area contributed by atoms with Crippen molar-refractivity contribution in [1.29, 1.82) is 0 Å². The van der Waals surface area contributed by atoms with Gasteiger partial charge in [0.2, 0.25) is 0 Å². The minimum absolute atomic E-state index is 0.00648. The lowest BCUT2D eigenvalue weighted by Crippen LogP contribution is -2.48. The number of benzene rings is 1. The van der Waals surface area contributed by atoms with Crippen LogP contribution >= 0.6 is 11.6 Å². The fraction of sp³-hybridized carbons (Fsp3) is 0.333. The van der Waals surface area contributed by atoms with Gasteiger partial charge in [-0.15, -0.1) is 0 Å². The highest BCUT2D eigenvalue weighted by molar-refractivity contribution is 6.33. The maximum Gasteiger partial charge on any atom is 0.255 e. The molecule has 2 heterocycles. The molecule has 0 spiro atoms. The van der Waals surface area contributed by atoms with Crippen LogP contribution < -0.4 is 0 Å². The molecule has 0 N–H and O–H groups in total. The summed E-state index contributed by atoms with van der Waals surface area (Å²) in [6, 6.07) is 9.78. The van der Waals surface area contributed by atoms with Crippen molar-refractivity contribution < 1.29 is 9.53 Å². The smallest absolute Gasteiger partial charge is 0.255 e. The molecule has 23 heavy (non-hydrogen) atoms. The van der Waals surface area contributed by atoms with Gasteiger partial charge in [-0.1, -0.05) is 35.9 Å². The van der Waals surface area contributed by atoms with Crippen LogP contribution in [0.4, 0.5) is 0 Å². The van der Waals surface area contributed by atoms with Gasteiger partial charge in [-0.25, -0.2) is 0 Å². The van der Waals surface area contributed by atoms with Gasteiger partial charge < -0.3 is 9.64 Å². The zero-order valence-electron chi connectivity index (χ0n) is 13.2. The van der Waals surface area contributed by atoms with Crippen molar-refractivity contribution in [1.82, 2.24) is 9.88 Å². The fourth-order valence-corrected chi connectivity index (χ4v) is 3.08. The van der Waals surface area contributed by atoms with Gasteiger partial charge >= 0.3 is 0 Å². The Labute approximate surface area is 141 Å². The van der Waals surface area contributed by atoms with E-state index in [4.69, 9.17) is 16.3 Å². The molecule has 1 saturated heterocycles. The number of pyridine rings is 1. The van der Waals surface area contributed by atoms with Crippen LogP contribution in [-0.2, 0) is 4.74 Å². The zero-order chi connectivity index (χ0) is 16.4. The molecule has 0 unspecified atom stereocenters. The van der Waals surface area contributed by atoms with Gasteiger partial charge in [-0.05, 0) is 31.0 Å². The number of aromatic nitrogens is 1. The topological polar surface area (TPSA) is 42.4 Å². The van der Waals surface area contributed by atoms with Crippen LogP contribution in [0.15, 0.2) is 42.7 Å². The van der Waals surface area contributed by atoms with E-state index >= 15 is 0 Å². The maximum absolute atomic E-state index is 12.9. The molecule has 0 bridgehead atoms. The fourth-order valence-electron chi connectivity index (χ4n) is 2.88. The highest BCUT2D eigenvalue weighted by Crippen LogP contribution is 2.29. The van der Waals surface area contributed by atoms with E-state index in [0.717, 1.165) is 5.56 Å². The molecule has 1 aliphatic heterocycles. The first kappa shape index (κ1) is 16.0. The summed E-state index contributed by atoms with van der Waals surface area (Å²) in [5.41, 5.74) is 2.78. The number of aryl methyl sites for hydroxylation is 1. The van der Waals surface area contributed by atoms with Crippen molar-refractivity contribution in [3.63, 3.8) is 0 Å². The number of morpholine rings is 1. The van der Waals surface area contributed by atoms with E-state index in [1.807, 2.05) is 24.0 Å². The molecule has 2 aromatic rings. The standard InChI is InChI=1S/C18H19ClN2O2/c1-12-5-3-4-6-14(12)17-10-21(13(2)11-23-17)18(22)15-7-8-20-9-16(15)19/h3-9,13,17H,10-11H2,1-2H3/t13-,17-/m0/s1. The van der Waals surface area contributed by atoms with Crippen molar-refractivity contribution in [3.8, 4) is 0 Å². The molecular weight excluding hydrogens is 312 g/mol. The Balaban J connectivity index is 1.86. The highest BCUT2D eigenvalue weighted by atomic mass is 35.5. The second-order valence-electron chi connectivity index (χ2n) is 5.84. The summed E-state index contributed by atoms with van der Waals surface area (Å²) in [7, 11) is 0. The maximum atomic E-state index is 12.9. The average Bonchev–Trinajstić information content (AvgIpc) is 2.56. The van der Waals surface area contributed by atoms with E-state index in [9.17, 15) is 4.79 Å². The van der Waals surface area contributed by atoms with Gasteiger partial charge in [-0.3, -0.25) is 9.78 Å². The first-order valence-corrected chi connectivity index (χ1v) is 8.03. The van der Waals surface area contributed by atoms with Gasteiger partial charge in [0.05, 0.1) is 29.8 Å². The highest BCUT2D eigenvalue weighted by Gasteiger charge is 2.32. The number of amides is 1. The minimum Gasteiger partial charge on any atom is -0.370 e. The summed E-state index contributed by atoms with van der Waals surface area (Å²) in [4.78, 5) is 18.6. The Bertz CT molecular complexity index is 720. The number of nitrogens with zero attached hydrogens (tertiary/aromatic N) is 2. The van der Waals surface area contributed by atoms with E-state index < -0.39 is 0 Å². The summed E-state index contributed by atoms with van der Waals surface area (Å²) in [5.74, 6) is -0.0771. The predicted molar refractivity (Wildman–Crippen MR) is 89.6 cm³/mol. The third-order valence-corrected chi connectivity index (χ3v) is 4.53. The predicted octanol–water partition coefficient (Wildman–Crippen LogP) is 3.65. The third kappa shape index (κ3) is 3.23. The van der Waals surface area contributed by atoms with Crippen LogP contribution in [0.25, 0.3) is 0 Å². The van der Waals surface area contributed by atoms with Gasteiger partial charge in [-0.2, -0.15) is 0 Å². The molecular formula is C18H19ClN2O2. The van der Waals surface area contributed by atoms with Crippen molar-refractivity contribution in [2.75, 3.05) is 13.2 Å². The van der Waals surface area contributed by atoms with Crippen LogP contribution in [0.5, 0.6) is 0 Å². The Morgan fingerprint density at radius 3 is 2.87 bits per heavy atom. The SMILES string of the molecule is Cc1ccccc1[C@@H]1CN(C(=O)c2ccncc2Cl)[C@@H](C)CO1. The number of carbonyl (C=O) groups is 1. The van der Waals surface area contributed by atoms with E-state index in [0.29, 0.717) is 23.7 Å². The largest absolute Gasteiger partial charge is 0.370 e. The second kappa shape index (κ2) is 6.69. The molecule has 2 atom stereocenters. The van der Waals surface area contributed by atoms with Gasteiger partial charge in [0.1, 0.15) is 6.10 Å². The minimum atomic E-state index is -0.114. The molecule has 3 rings (SSSR count). The lowest BCUT2D eigenvalue weighted by Gasteiger charge is -2.38. The lowest BCUT2D eigenvalue weighted by molar-refractivity contribution is -0.0489. The quantitative estimate of drug-likeness (QED) is 0.844. The molecule has 1 amide bonds. The molecule has 1 aliphatic rings. The van der Waals surface area contributed by atoms with Gasteiger partial charge in [0, 0.05) is 12.4 Å². The van der Waals surface area contributed by atoms with Crippen molar-refractivity contribution in [2.45, 2.75) is 26.0 Å². The molecule has 1 fully saturated rings. The van der Waals surface area contributed by atoms with E-state index in [2.05, 4.69) is 24.0 Å². The van der Waals surface area contributed by atoms with E-state index in [1.165, 1.54) is 11.8 Å². The van der Waals surface area contributed by atoms with Crippen molar-refractivity contribution in [3.05, 3.63) is 64.4 Å². The Morgan fingerprint density at radius 2 is 2.13 bits per heavy atom. The number of rotatable bonds is 2. The molecule has 120 valence electrons. The summed E-state index contributed by atoms with van der Waals surface area (Å²) in [5, 5.41) is 0.378. The summed E-state index contributed by atoms with van der Waals surface area (Å²) in [6.07, 6.45) is 2.97. The van der Waals surface area contributed by atoms with Crippen molar-refractivity contribution in [2.24, 2.45) is 0 Å². The zero-order valence-corrected chi connectivity index (χ0v) is 14.0. The molecule has 1 aromatic carbocycles. The molecule has 4 nitrogen and oxygen atoms in total. The lowest BCUT2D eigenvalue weighted by atomic mass is 10.0. The van der Waals surface area contributed by atoms with Crippen molar-refractivity contribution >= 4 is 17.5 Å². The van der Waals surface area contributed by atoms with Gasteiger partial charge in [0.15, 0.2) is 0 Å². The Kier molecular flexibility index (Phi) is 4.64. The number of halogens is 1. The first-order chi connectivity index (χ1) is 11.1. The Morgan fingerprint density at radius 1 is 1.35 bits per heavy atom. The Hall–Kier alpha value is -1.91. The number of carbonyl (C=O) groups excluding carboxylic acids is 1. The normalized spacial score (nSPS) is 21.3. The van der Waals surface area contributed by atoms with Crippen LogP contribution in [0.2, 0.25) is 5.02 Å². The summed E-state index contributed by atoms with van der Waals surface area (Å²) in [6.45, 7) is 5.07. The van der Waals surface area contributed by atoms with E-state index in [-0.39, 0.29) is 18.1 Å². The monoisotopic (exact) mass is 330 g/mol. The summed E-state index contributed by atoms with van der Waals surface area (Å²) < 4.78 is 5.96. The number of hydrogen-bond acceptors (Lipinski definition) is 3. The first-order valence-electron chi connectivity index (χ1n) is 7.65. The van der Waals surface area contributed by atoms with Gasteiger partial charge in [0.25, 0.3) is 5.91 Å².